The van der Waals surface area contributed by atoms with E-state index >= 15 is 0 Å². The Bertz CT molecular complexity index is 307. The van der Waals surface area contributed by atoms with Gasteiger partial charge in [0.15, 0.2) is 0 Å². The van der Waals surface area contributed by atoms with Crippen LogP contribution in [0.5, 0.6) is 0 Å². The summed E-state index contributed by atoms with van der Waals surface area (Å²) >= 11 is 0. The molecule has 1 saturated heterocycles. The van der Waals surface area contributed by atoms with Gasteiger partial charge in [0.2, 0.25) is 11.9 Å². The van der Waals surface area contributed by atoms with Crippen LogP contribution in [-0.4, -0.2) is 29.2 Å². The molecule has 1 aromatic heterocycles. The molecule has 5 nitrogen and oxygen atoms in total. The van der Waals surface area contributed by atoms with Gasteiger partial charge in [-0.2, -0.15) is 14.4 Å². The van der Waals surface area contributed by atoms with Crippen LogP contribution in [-0.2, 0) is 4.74 Å². The molecule has 3 N–H and O–H groups in total. The molecule has 1 fully saturated rings. The summed E-state index contributed by atoms with van der Waals surface area (Å²) in [7, 11) is 0. The van der Waals surface area contributed by atoms with Gasteiger partial charge in [0.05, 0.1) is 12.6 Å². The number of anilines is 2. The average molecular weight is 198 g/mol. The number of ether oxygens (including phenoxy) is 1. The second kappa shape index (κ2) is 3.75. The standard InChI is InChI=1S/C8H11FN4O/c9-6-3-7(13-8(10)12-6)11-5-1-2-14-4-5/h3,5H,1-2,4H2,(H3,10,11,12,13)/t5-/m1/s1. The molecule has 1 aliphatic rings. The summed E-state index contributed by atoms with van der Waals surface area (Å²) in [5.74, 6) is -0.282. The predicted octanol–water partition coefficient (Wildman–Crippen LogP) is 0.399. The van der Waals surface area contributed by atoms with Gasteiger partial charge < -0.3 is 15.8 Å². The van der Waals surface area contributed by atoms with Crippen LogP contribution in [0.25, 0.3) is 0 Å². The third-order valence-electron chi connectivity index (χ3n) is 1.99. The highest BCUT2D eigenvalue weighted by atomic mass is 19.1. The first kappa shape index (κ1) is 9.14. The Balaban J connectivity index is 2.07. The molecular weight excluding hydrogens is 187 g/mol. The van der Waals surface area contributed by atoms with Crippen molar-refractivity contribution in [2.75, 3.05) is 24.3 Å². The Morgan fingerprint density at radius 3 is 3.07 bits per heavy atom. The van der Waals surface area contributed by atoms with Gasteiger partial charge in [-0.05, 0) is 6.42 Å². The number of nitrogen functional groups attached to an aromatic ring is 1. The van der Waals surface area contributed by atoms with E-state index in [1.54, 1.807) is 0 Å². The molecule has 0 unspecified atom stereocenters. The van der Waals surface area contributed by atoms with Crippen molar-refractivity contribution in [1.82, 2.24) is 9.97 Å². The smallest absolute Gasteiger partial charge is 0.224 e. The van der Waals surface area contributed by atoms with Gasteiger partial charge in [-0.15, -0.1) is 0 Å². The molecule has 2 rings (SSSR count). The van der Waals surface area contributed by atoms with E-state index in [2.05, 4.69) is 15.3 Å². The highest BCUT2D eigenvalue weighted by Gasteiger charge is 2.16. The fraction of sp³-hybridized carbons (Fsp3) is 0.500. The third-order valence-corrected chi connectivity index (χ3v) is 1.99. The average Bonchev–Trinajstić information content (AvgIpc) is 2.54. The lowest BCUT2D eigenvalue weighted by atomic mass is 10.2. The lowest BCUT2D eigenvalue weighted by Gasteiger charge is -2.10. The summed E-state index contributed by atoms with van der Waals surface area (Å²) in [6.07, 6.45) is 0.894. The summed E-state index contributed by atoms with van der Waals surface area (Å²) in [5.41, 5.74) is 5.30. The quantitative estimate of drug-likeness (QED) is 0.673. The maximum absolute atomic E-state index is 12.8. The molecule has 0 aromatic carbocycles. The zero-order valence-corrected chi connectivity index (χ0v) is 7.53. The molecule has 0 spiro atoms. The van der Waals surface area contributed by atoms with E-state index in [1.807, 2.05) is 0 Å². The maximum atomic E-state index is 12.8. The van der Waals surface area contributed by atoms with Gasteiger partial charge in [0, 0.05) is 12.7 Å². The summed E-state index contributed by atoms with van der Waals surface area (Å²) in [6, 6.07) is 1.40. The normalized spacial score (nSPS) is 21.1. The molecule has 1 atom stereocenters. The Morgan fingerprint density at radius 1 is 1.57 bits per heavy atom. The van der Waals surface area contributed by atoms with E-state index in [0.717, 1.165) is 13.0 Å². The molecule has 6 heteroatoms. The third kappa shape index (κ3) is 2.08. The van der Waals surface area contributed by atoms with Crippen LogP contribution < -0.4 is 11.1 Å². The first-order valence-electron chi connectivity index (χ1n) is 4.38. The monoisotopic (exact) mass is 198 g/mol. The van der Waals surface area contributed by atoms with E-state index < -0.39 is 5.95 Å². The number of nitrogens with zero attached hydrogens (tertiary/aromatic N) is 2. The van der Waals surface area contributed by atoms with Gasteiger partial charge in [-0.3, -0.25) is 0 Å². The number of hydrogen-bond acceptors (Lipinski definition) is 5. The Hall–Kier alpha value is -1.43. The minimum Gasteiger partial charge on any atom is -0.379 e. The first-order chi connectivity index (χ1) is 6.74. The fourth-order valence-corrected chi connectivity index (χ4v) is 1.37. The number of hydrogen-bond donors (Lipinski definition) is 2. The lowest BCUT2D eigenvalue weighted by Crippen LogP contribution is -2.20. The second-order valence-corrected chi connectivity index (χ2v) is 3.14. The van der Waals surface area contributed by atoms with Crippen LogP contribution >= 0.6 is 0 Å². The first-order valence-corrected chi connectivity index (χ1v) is 4.38. The summed E-state index contributed by atoms with van der Waals surface area (Å²) in [4.78, 5) is 7.20. The van der Waals surface area contributed by atoms with Gasteiger partial charge in [-0.25, -0.2) is 0 Å². The van der Waals surface area contributed by atoms with E-state index in [9.17, 15) is 4.39 Å². The zero-order valence-electron chi connectivity index (χ0n) is 7.53. The summed E-state index contributed by atoms with van der Waals surface area (Å²) in [5, 5.41) is 3.03. The lowest BCUT2D eigenvalue weighted by molar-refractivity contribution is 0.195. The van der Waals surface area contributed by atoms with Crippen molar-refractivity contribution >= 4 is 11.8 Å². The van der Waals surface area contributed by atoms with Crippen molar-refractivity contribution < 1.29 is 9.13 Å². The number of aromatic nitrogens is 2. The van der Waals surface area contributed by atoms with Crippen LogP contribution in [0.2, 0.25) is 0 Å². The summed E-state index contributed by atoms with van der Waals surface area (Å²) in [6.45, 7) is 1.34. The minimum absolute atomic E-state index is 0.0635. The SMILES string of the molecule is Nc1nc(F)cc(N[C@@H]2CCOC2)n1. The summed E-state index contributed by atoms with van der Waals surface area (Å²) < 4.78 is 18.0. The molecule has 0 saturated carbocycles. The van der Waals surface area contributed by atoms with E-state index in [4.69, 9.17) is 10.5 Å². The predicted molar refractivity (Wildman–Crippen MR) is 49.2 cm³/mol. The molecule has 0 bridgehead atoms. The van der Waals surface area contributed by atoms with Crippen LogP contribution in [0.4, 0.5) is 16.2 Å². The number of nitrogens with one attached hydrogen (secondary N) is 1. The Morgan fingerprint density at radius 2 is 2.43 bits per heavy atom. The van der Waals surface area contributed by atoms with Crippen LogP contribution in [0.1, 0.15) is 6.42 Å². The van der Waals surface area contributed by atoms with E-state index in [1.165, 1.54) is 6.07 Å². The largest absolute Gasteiger partial charge is 0.379 e. The Kier molecular flexibility index (Phi) is 2.45. The fourth-order valence-electron chi connectivity index (χ4n) is 1.37. The van der Waals surface area contributed by atoms with Crippen LogP contribution in [0, 0.1) is 5.95 Å². The highest BCUT2D eigenvalue weighted by Crippen LogP contribution is 2.12. The molecular formula is C8H11FN4O. The van der Waals surface area contributed by atoms with Crippen LogP contribution in [0.3, 0.4) is 0 Å². The molecule has 0 radical (unpaired) electrons. The molecule has 1 aliphatic heterocycles. The molecule has 2 heterocycles. The maximum Gasteiger partial charge on any atom is 0.224 e. The van der Waals surface area contributed by atoms with Crippen molar-refractivity contribution in [3.63, 3.8) is 0 Å². The molecule has 76 valence electrons. The molecule has 0 amide bonds. The number of halogens is 1. The van der Waals surface area contributed by atoms with Crippen LogP contribution in [0.15, 0.2) is 6.07 Å². The van der Waals surface area contributed by atoms with Crippen molar-refractivity contribution in [3.8, 4) is 0 Å². The molecule has 0 aliphatic carbocycles. The number of rotatable bonds is 2. The number of nitrogens with two attached hydrogens (primary N) is 1. The Labute approximate surface area is 80.5 Å². The van der Waals surface area contributed by atoms with E-state index in [-0.39, 0.29) is 12.0 Å². The van der Waals surface area contributed by atoms with Crippen molar-refractivity contribution in [2.45, 2.75) is 12.5 Å². The van der Waals surface area contributed by atoms with Crippen molar-refractivity contribution in [3.05, 3.63) is 12.0 Å². The highest BCUT2D eigenvalue weighted by molar-refractivity contribution is 5.39. The van der Waals surface area contributed by atoms with Gasteiger partial charge in [0.25, 0.3) is 0 Å². The minimum atomic E-state index is -0.626. The van der Waals surface area contributed by atoms with E-state index in [0.29, 0.717) is 12.4 Å². The topological polar surface area (TPSA) is 73.1 Å². The van der Waals surface area contributed by atoms with Gasteiger partial charge in [-0.1, -0.05) is 0 Å². The van der Waals surface area contributed by atoms with Crippen molar-refractivity contribution in [2.24, 2.45) is 0 Å². The molecule has 14 heavy (non-hydrogen) atoms. The molecule has 1 aromatic rings. The zero-order chi connectivity index (χ0) is 9.97. The second-order valence-electron chi connectivity index (χ2n) is 3.14. The van der Waals surface area contributed by atoms with Gasteiger partial charge >= 0.3 is 0 Å². The van der Waals surface area contributed by atoms with Crippen molar-refractivity contribution in [1.29, 1.82) is 0 Å². The van der Waals surface area contributed by atoms with Gasteiger partial charge in [0.1, 0.15) is 5.82 Å².